The summed E-state index contributed by atoms with van der Waals surface area (Å²) in [5.41, 5.74) is 0.417. The van der Waals surface area contributed by atoms with Gasteiger partial charge >= 0.3 is 5.97 Å². The molecule has 1 aliphatic rings. The normalized spacial score (nSPS) is 17.9. The van der Waals surface area contributed by atoms with Crippen LogP contribution >= 0.6 is 23.5 Å². The van der Waals surface area contributed by atoms with Crippen LogP contribution in [0.5, 0.6) is 0 Å². The molecule has 2 rings (SSSR count). The van der Waals surface area contributed by atoms with E-state index in [9.17, 15) is 14.4 Å². The van der Waals surface area contributed by atoms with Crippen LogP contribution < -0.4 is 0 Å². The van der Waals surface area contributed by atoms with Crippen LogP contribution in [0, 0.1) is 0 Å². The monoisotopic (exact) mass is 324 g/mol. The molecule has 4 nitrogen and oxygen atoms in total. The Morgan fingerprint density at radius 2 is 1.90 bits per heavy atom. The van der Waals surface area contributed by atoms with E-state index in [0.29, 0.717) is 24.7 Å². The van der Waals surface area contributed by atoms with Crippen molar-refractivity contribution in [1.82, 2.24) is 0 Å². The van der Waals surface area contributed by atoms with Crippen molar-refractivity contribution >= 4 is 42.1 Å². The summed E-state index contributed by atoms with van der Waals surface area (Å²) in [5, 5.41) is 0. The van der Waals surface area contributed by atoms with Gasteiger partial charge in [0.25, 0.3) is 0 Å². The third kappa shape index (κ3) is 4.35. The molecule has 1 aliphatic heterocycles. The number of hydrogen-bond acceptors (Lipinski definition) is 6. The highest BCUT2D eigenvalue weighted by Gasteiger charge is 2.38. The molecule has 0 bridgehead atoms. The summed E-state index contributed by atoms with van der Waals surface area (Å²) in [7, 11) is 0. The highest BCUT2D eigenvalue weighted by Crippen LogP contribution is 2.49. The number of thioether (sulfide) groups is 2. The molecule has 0 radical (unpaired) electrons. The standard InChI is InChI=1S/C15H16O4S2/c16-7-6-15(20-8-9-21-15)10-13(11-17)19-14(18)12-4-2-1-3-5-12/h1-5,7,11,13H,6,8-10H2. The molecule has 1 atom stereocenters. The third-order valence-electron chi connectivity index (χ3n) is 3.14. The molecular formula is C15H16O4S2. The minimum atomic E-state index is -0.823. The zero-order valence-electron chi connectivity index (χ0n) is 11.4. The third-order valence-corrected chi connectivity index (χ3v) is 6.64. The maximum Gasteiger partial charge on any atom is 0.338 e. The smallest absolute Gasteiger partial charge is 0.338 e. The predicted octanol–water partition coefficient (Wildman–Crippen LogP) is 2.57. The lowest BCUT2D eigenvalue weighted by Gasteiger charge is -2.27. The van der Waals surface area contributed by atoms with Crippen LogP contribution in [0.15, 0.2) is 30.3 Å². The first kappa shape index (κ1) is 16.1. The molecule has 1 aromatic carbocycles. The Morgan fingerprint density at radius 3 is 2.48 bits per heavy atom. The van der Waals surface area contributed by atoms with Crippen molar-refractivity contribution in [2.45, 2.75) is 23.0 Å². The molecule has 1 heterocycles. The molecule has 112 valence electrons. The van der Waals surface area contributed by atoms with Gasteiger partial charge in [0.05, 0.1) is 9.64 Å². The van der Waals surface area contributed by atoms with Crippen LogP contribution in [-0.2, 0) is 14.3 Å². The second kappa shape index (κ2) is 7.66. The number of carbonyl (C=O) groups excluding carboxylic acids is 3. The summed E-state index contributed by atoms with van der Waals surface area (Å²) in [5.74, 6) is 1.37. The van der Waals surface area contributed by atoms with E-state index in [-0.39, 0.29) is 4.08 Å². The fourth-order valence-corrected chi connectivity index (χ4v) is 5.33. The first-order valence-corrected chi connectivity index (χ1v) is 8.59. The molecule has 1 fully saturated rings. The Labute approximate surface area is 132 Å². The van der Waals surface area contributed by atoms with E-state index in [1.54, 1.807) is 53.9 Å². The molecule has 0 N–H and O–H groups in total. The number of carbonyl (C=O) groups is 3. The van der Waals surface area contributed by atoms with E-state index < -0.39 is 12.1 Å². The van der Waals surface area contributed by atoms with Crippen LogP contribution in [0.25, 0.3) is 0 Å². The van der Waals surface area contributed by atoms with Gasteiger partial charge in [-0.05, 0) is 12.1 Å². The van der Waals surface area contributed by atoms with Gasteiger partial charge in [0.15, 0.2) is 12.4 Å². The molecule has 1 aromatic rings. The van der Waals surface area contributed by atoms with Gasteiger partial charge in [0, 0.05) is 24.3 Å². The summed E-state index contributed by atoms with van der Waals surface area (Å²) >= 11 is 3.33. The summed E-state index contributed by atoms with van der Waals surface area (Å²) in [6.45, 7) is 0. The Balaban J connectivity index is 2.01. The van der Waals surface area contributed by atoms with Gasteiger partial charge in [0.2, 0.25) is 0 Å². The zero-order valence-corrected chi connectivity index (χ0v) is 13.0. The first-order valence-electron chi connectivity index (χ1n) is 6.62. The Hall–Kier alpha value is -1.27. The average molecular weight is 324 g/mol. The topological polar surface area (TPSA) is 60.4 Å². The van der Waals surface area contributed by atoms with Crippen molar-refractivity contribution in [2.75, 3.05) is 11.5 Å². The Morgan fingerprint density at radius 1 is 1.24 bits per heavy atom. The lowest BCUT2D eigenvalue weighted by atomic mass is 10.1. The number of ether oxygens (including phenoxy) is 1. The molecule has 21 heavy (non-hydrogen) atoms. The summed E-state index contributed by atoms with van der Waals surface area (Å²) in [6, 6.07) is 8.57. The largest absolute Gasteiger partial charge is 0.451 e. The van der Waals surface area contributed by atoms with E-state index in [1.807, 2.05) is 0 Å². The molecule has 0 aliphatic carbocycles. The number of hydrogen-bond donors (Lipinski definition) is 0. The lowest BCUT2D eigenvalue weighted by Crippen LogP contribution is -2.30. The fraction of sp³-hybridized carbons (Fsp3) is 0.400. The number of aldehydes is 2. The summed E-state index contributed by atoms with van der Waals surface area (Å²) in [6.07, 6.45) is 1.41. The van der Waals surface area contributed by atoms with Gasteiger partial charge in [-0.3, -0.25) is 4.79 Å². The van der Waals surface area contributed by atoms with Crippen LogP contribution in [0.2, 0.25) is 0 Å². The van der Waals surface area contributed by atoms with Crippen molar-refractivity contribution in [2.24, 2.45) is 0 Å². The van der Waals surface area contributed by atoms with Gasteiger partial charge in [-0.15, -0.1) is 23.5 Å². The quantitative estimate of drug-likeness (QED) is 0.567. The molecule has 0 saturated carbocycles. The Kier molecular flexibility index (Phi) is 5.87. The van der Waals surface area contributed by atoms with Crippen molar-refractivity contribution in [1.29, 1.82) is 0 Å². The van der Waals surface area contributed by atoms with E-state index in [4.69, 9.17) is 4.74 Å². The molecule has 1 saturated heterocycles. The van der Waals surface area contributed by atoms with Gasteiger partial charge < -0.3 is 9.53 Å². The van der Waals surface area contributed by atoms with Gasteiger partial charge in [-0.1, -0.05) is 18.2 Å². The maximum atomic E-state index is 12.0. The SMILES string of the molecule is O=CCC1(CC(C=O)OC(=O)c2ccccc2)SCCS1. The molecular weight excluding hydrogens is 308 g/mol. The second-order valence-electron chi connectivity index (χ2n) is 4.63. The molecule has 0 amide bonds. The van der Waals surface area contributed by atoms with Gasteiger partial charge in [0.1, 0.15) is 6.29 Å². The number of esters is 1. The minimum absolute atomic E-state index is 0.343. The maximum absolute atomic E-state index is 12.0. The molecule has 0 aromatic heterocycles. The highest BCUT2D eigenvalue weighted by molar-refractivity contribution is 8.21. The van der Waals surface area contributed by atoms with Crippen molar-refractivity contribution in [3.8, 4) is 0 Å². The van der Waals surface area contributed by atoms with E-state index in [2.05, 4.69) is 0 Å². The predicted molar refractivity (Wildman–Crippen MR) is 84.7 cm³/mol. The van der Waals surface area contributed by atoms with E-state index in [0.717, 1.165) is 17.8 Å². The summed E-state index contributed by atoms with van der Waals surface area (Å²) < 4.78 is 4.93. The van der Waals surface area contributed by atoms with Crippen molar-refractivity contribution < 1.29 is 19.1 Å². The van der Waals surface area contributed by atoms with Gasteiger partial charge in [-0.2, -0.15) is 0 Å². The zero-order chi connectivity index (χ0) is 15.1. The fourth-order valence-electron chi connectivity index (χ4n) is 2.15. The lowest BCUT2D eigenvalue weighted by molar-refractivity contribution is -0.116. The van der Waals surface area contributed by atoms with E-state index in [1.165, 1.54) is 0 Å². The minimum Gasteiger partial charge on any atom is -0.451 e. The van der Waals surface area contributed by atoms with Crippen molar-refractivity contribution in [3.05, 3.63) is 35.9 Å². The van der Waals surface area contributed by atoms with Crippen LogP contribution in [0.4, 0.5) is 0 Å². The van der Waals surface area contributed by atoms with Crippen LogP contribution in [-0.4, -0.2) is 40.2 Å². The van der Waals surface area contributed by atoms with E-state index >= 15 is 0 Å². The Bertz CT molecular complexity index is 498. The van der Waals surface area contributed by atoms with Crippen molar-refractivity contribution in [3.63, 3.8) is 0 Å². The summed E-state index contributed by atoms with van der Waals surface area (Å²) in [4.78, 5) is 34.1. The van der Waals surface area contributed by atoms with Crippen LogP contribution in [0.1, 0.15) is 23.2 Å². The first-order chi connectivity index (χ1) is 10.2. The highest BCUT2D eigenvalue weighted by atomic mass is 32.2. The molecule has 0 spiro atoms. The average Bonchev–Trinajstić information content (AvgIpc) is 2.96. The number of benzene rings is 1. The van der Waals surface area contributed by atoms with Crippen LogP contribution in [0.3, 0.4) is 0 Å². The van der Waals surface area contributed by atoms with Gasteiger partial charge in [-0.25, -0.2) is 4.79 Å². The second-order valence-corrected chi connectivity index (χ2v) is 7.84. The molecule has 1 unspecified atom stereocenters. The molecule has 6 heteroatoms. The number of rotatable bonds is 7.